The summed E-state index contributed by atoms with van der Waals surface area (Å²) in [5, 5.41) is 14.9. The molecule has 3 rings (SSSR count). The summed E-state index contributed by atoms with van der Waals surface area (Å²) in [4.78, 5) is 28.9. The zero-order valence-corrected chi connectivity index (χ0v) is 16.0. The second-order valence-corrected chi connectivity index (χ2v) is 7.84. The van der Waals surface area contributed by atoms with E-state index < -0.39 is 0 Å². The van der Waals surface area contributed by atoms with E-state index in [0.29, 0.717) is 11.4 Å². The van der Waals surface area contributed by atoms with Crippen LogP contribution in [0.15, 0.2) is 24.3 Å². The van der Waals surface area contributed by atoms with E-state index in [4.69, 9.17) is 11.8 Å². The van der Waals surface area contributed by atoms with Gasteiger partial charge in [-0.1, -0.05) is 12.1 Å². The third kappa shape index (κ3) is 4.89. The Morgan fingerprint density at radius 2 is 1.36 bits per heavy atom. The smallest absolute Gasteiger partial charge is 0.227 e. The van der Waals surface area contributed by atoms with Crippen molar-refractivity contribution in [2.24, 2.45) is 17.8 Å². The van der Waals surface area contributed by atoms with Crippen LogP contribution in [0.5, 0.6) is 0 Å². The Bertz CT molecular complexity index is 724. The lowest BCUT2D eigenvalue weighted by Gasteiger charge is -2.25. The van der Waals surface area contributed by atoms with E-state index in [2.05, 4.69) is 21.5 Å². The number of benzene rings is 1. The van der Waals surface area contributed by atoms with Gasteiger partial charge in [-0.05, 0) is 50.7 Å². The second-order valence-electron chi connectivity index (χ2n) is 7.84. The summed E-state index contributed by atoms with van der Waals surface area (Å²) < 4.78 is 0. The SMILES string of the molecule is [C-]#[N+]C1CCC(C(=O)Nc2ccccc2NC(=O)C2CCC(C#N)CC2)CC1. The molecule has 2 aliphatic carbocycles. The minimum absolute atomic E-state index is 0.0420. The van der Waals surface area contributed by atoms with E-state index >= 15 is 0 Å². The molecule has 0 saturated heterocycles. The Labute approximate surface area is 166 Å². The van der Waals surface area contributed by atoms with Crippen LogP contribution in [0.1, 0.15) is 51.4 Å². The fourth-order valence-corrected chi connectivity index (χ4v) is 4.12. The van der Waals surface area contributed by atoms with E-state index in [1.807, 2.05) is 12.1 Å². The van der Waals surface area contributed by atoms with Gasteiger partial charge in [0.25, 0.3) is 0 Å². The number of anilines is 2. The lowest BCUT2D eigenvalue weighted by Crippen LogP contribution is -2.29. The van der Waals surface area contributed by atoms with Crippen LogP contribution in [-0.2, 0) is 9.59 Å². The maximum absolute atomic E-state index is 12.6. The number of nitrogens with zero attached hydrogens (tertiary/aromatic N) is 2. The molecule has 2 aliphatic rings. The molecule has 0 spiro atoms. The molecule has 0 bridgehead atoms. The van der Waals surface area contributed by atoms with Crippen LogP contribution in [-0.4, -0.2) is 17.9 Å². The molecule has 1 aromatic rings. The van der Waals surface area contributed by atoms with Crippen molar-refractivity contribution in [2.45, 2.75) is 57.4 Å². The number of carbonyl (C=O) groups excluding carboxylic acids is 2. The molecule has 0 radical (unpaired) electrons. The molecule has 146 valence electrons. The van der Waals surface area contributed by atoms with Crippen molar-refractivity contribution in [3.05, 3.63) is 35.7 Å². The average molecular weight is 378 g/mol. The Morgan fingerprint density at radius 3 is 1.79 bits per heavy atom. The number of rotatable bonds is 4. The number of nitrogens with one attached hydrogen (secondary N) is 2. The van der Waals surface area contributed by atoms with Crippen molar-refractivity contribution in [3.8, 4) is 6.07 Å². The van der Waals surface area contributed by atoms with E-state index in [0.717, 1.165) is 51.4 Å². The number of carbonyl (C=O) groups is 2. The molecular formula is C22H26N4O2. The summed E-state index contributed by atoms with van der Waals surface area (Å²) in [7, 11) is 0. The van der Waals surface area contributed by atoms with Gasteiger partial charge < -0.3 is 15.5 Å². The highest BCUT2D eigenvalue weighted by molar-refractivity contribution is 6.00. The molecule has 0 aromatic heterocycles. The van der Waals surface area contributed by atoms with Gasteiger partial charge in [-0.2, -0.15) is 5.26 Å². The van der Waals surface area contributed by atoms with Gasteiger partial charge in [-0.15, -0.1) is 0 Å². The normalized spacial score (nSPS) is 27.1. The standard InChI is InChI=1S/C22H26N4O2/c1-24-18-12-10-17(11-13-18)22(28)26-20-5-3-2-4-19(20)25-21(27)16-8-6-15(14-23)7-9-16/h2-5,15-18H,6-13H2,(H,25,27)(H,26,28). The van der Waals surface area contributed by atoms with Crippen LogP contribution in [0, 0.1) is 35.7 Å². The average Bonchev–Trinajstić information content (AvgIpc) is 2.75. The molecule has 0 unspecified atom stereocenters. The lowest BCUT2D eigenvalue weighted by atomic mass is 9.82. The molecule has 0 heterocycles. The summed E-state index contributed by atoms with van der Waals surface area (Å²) in [6.45, 7) is 7.12. The molecule has 1 aromatic carbocycles. The highest BCUT2D eigenvalue weighted by Gasteiger charge is 2.30. The van der Waals surface area contributed by atoms with Crippen LogP contribution >= 0.6 is 0 Å². The van der Waals surface area contributed by atoms with Crippen molar-refractivity contribution < 1.29 is 9.59 Å². The molecule has 2 N–H and O–H groups in total. The van der Waals surface area contributed by atoms with Crippen molar-refractivity contribution in [2.75, 3.05) is 10.6 Å². The third-order valence-electron chi connectivity index (χ3n) is 5.97. The van der Waals surface area contributed by atoms with Crippen molar-refractivity contribution in [3.63, 3.8) is 0 Å². The van der Waals surface area contributed by atoms with Crippen molar-refractivity contribution in [1.82, 2.24) is 0 Å². The summed E-state index contributed by atoms with van der Waals surface area (Å²) in [5.74, 6) is -0.191. The predicted octanol–water partition coefficient (Wildman–Crippen LogP) is 4.37. The molecule has 6 nitrogen and oxygen atoms in total. The number of nitriles is 1. The quantitative estimate of drug-likeness (QED) is 0.763. The Balaban J connectivity index is 1.59. The summed E-state index contributed by atoms with van der Waals surface area (Å²) in [6.07, 6.45) is 5.98. The Kier molecular flexibility index (Phi) is 6.66. The molecule has 0 aliphatic heterocycles. The van der Waals surface area contributed by atoms with Gasteiger partial charge in [-0.3, -0.25) is 9.59 Å². The van der Waals surface area contributed by atoms with E-state index in [-0.39, 0.29) is 35.6 Å². The molecular weight excluding hydrogens is 352 g/mol. The zero-order valence-electron chi connectivity index (χ0n) is 16.0. The maximum Gasteiger partial charge on any atom is 0.227 e. The highest BCUT2D eigenvalue weighted by Crippen LogP contribution is 2.31. The van der Waals surface area contributed by atoms with Gasteiger partial charge in [0, 0.05) is 30.6 Å². The van der Waals surface area contributed by atoms with Crippen molar-refractivity contribution in [1.29, 1.82) is 5.26 Å². The van der Waals surface area contributed by atoms with Crippen LogP contribution < -0.4 is 10.6 Å². The number of hydrogen-bond acceptors (Lipinski definition) is 3. The van der Waals surface area contributed by atoms with E-state index in [9.17, 15) is 9.59 Å². The van der Waals surface area contributed by atoms with Crippen LogP contribution in [0.2, 0.25) is 0 Å². The van der Waals surface area contributed by atoms with Crippen LogP contribution in [0.4, 0.5) is 11.4 Å². The largest absolute Gasteiger partial charge is 0.324 e. The molecule has 2 fully saturated rings. The molecule has 6 heteroatoms. The minimum atomic E-state index is -0.0859. The van der Waals surface area contributed by atoms with Gasteiger partial charge >= 0.3 is 0 Å². The summed E-state index contributed by atoms with van der Waals surface area (Å²) in [6, 6.07) is 9.59. The summed E-state index contributed by atoms with van der Waals surface area (Å²) >= 11 is 0. The van der Waals surface area contributed by atoms with Gasteiger partial charge in [-0.25, -0.2) is 6.57 Å². The van der Waals surface area contributed by atoms with E-state index in [1.54, 1.807) is 12.1 Å². The highest BCUT2D eigenvalue weighted by atomic mass is 16.2. The maximum atomic E-state index is 12.6. The Hall–Kier alpha value is -2.86. The molecule has 0 atom stereocenters. The van der Waals surface area contributed by atoms with Crippen LogP contribution in [0.3, 0.4) is 0 Å². The van der Waals surface area contributed by atoms with Gasteiger partial charge in [0.2, 0.25) is 17.9 Å². The predicted molar refractivity (Wildman–Crippen MR) is 107 cm³/mol. The first-order valence-electron chi connectivity index (χ1n) is 10.1. The molecule has 28 heavy (non-hydrogen) atoms. The van der Waals surface area contributed by atoms with Crippen molar-refractivity contribution >= 4 is 23.2 Å². The first-order valence-corrected chi connectivity index (χ1v) is 10.1. The number of amides is 2. The zero-order chi connectivity index (χ0) is 19.9. The monoisotopic (exact) mass is 378 g/mol. The van der Waals surface area contributed by atoms with E-state index in [1.165, 1.54) is 0 Å². The fraction of sp³-hybridized carbons (Fsp3) is 0.545. The second kappa shape index (κ2) is 9.37. The minimum Gasteiger partial charge on any atom is -0.324 e. The van der Waals surface area contributed by atoms with Gasteiger partial charge in [0.15, 0.2) is 0 Å². The van der Waals surface area contributed by atoms with Crippen LogP contribution in [0.25, 0.3) is 4.85 Å². The first kappa shape index (κ1) is 19.9. The molecule has 2 amide bonds. The Morgan fingerprint density at radius 1 is 0.893 bits per heavy atom. The summed E-state index contributed by atoms with van der Waals surface area (Å²) in [5.41, 5.74) is 1.22. The van der Waals surface area contributed by atoms with Gasteiger partial charge in [0.1, 0.15) is 0 Å². The lowest BCUT2D eigenvalue weighted by molar-refractivity contribution is -0.121. The topological polar surface area (TPSA) is 86.3 Å². The third-order valence-corrected chi connectivity index (χ3v) is 5.97. The molecule has 2 saturated carbocycles. The van der Waals surface area contributed by atoms with Gasteiger partial charge in [0.05, 0.1) is 17.4 Å². The first-order chi connectivity index (χ1) is 13.6. The fourth-order valence-electron chi connectivity index (χ4n) is 4.12. The number of hydrogen-bond donors (Lipinski definition) is 2. The number of para-hydroxylation sites is 2.